The summed E-state index contributed by atoms with van der Waals surface area (Å²) in [4.78, 5) is 38.0. The summed E-state index contributed by atoms with van der Waals surface area (Å²) in [6.45, 7) is 2.26. The lowest BCUT2D eigenvalue weighted by Crippen LogP contribution is -2.28. The van der Waals surface area contributed by atoms with Crippen molar-refractivity contribution in [2.24, 2.45) is 0 Å². The summed E-state index contributed by atoms with van der Waals surface area (Å²) in [6.07, 6.45) is -0.663. The highest BCUT2D eigenvalue weighted by atomic mass is 35.5. The number of ether oxygens (including phenoxy) is 1. The van der Waals surface area contributed by atoms with Gasteiger partial charge in [0.05, 0.1) is 25.4 Å². The number of halogens is 1. The lowest BCUT2D eigenvalue weighted by atomic mass is 10.2. The summed E-state index contributed by atoms with van der Waals surface area (Å²) in [5, 5.41) is 6.88. The first kappa shape index (κ1) is 17.9. The fourth-order valence-electron chi connectivity index (χ4n) is 2.71. The molecule has 136 valence electrons. The molecule has 2 heterocycles. The second-order valence-corrected chi connectivity index (χ2v) is 5.86. The van der Waals surface area contributed by atoms with E-state index in [2.05, 4.69) is 10.4 Å². The van der Waals surface area contributed by atoms with Gasteiger partial charge in [0.2, 0.25) is 5.91 Å². The normalized spacial score (nSPS) is 12.6. The molecule has 3 rings (SSSR count). The van der Waals surface area contributed by atoms with Crippen LogP contribution in [-0.4, -0.2) is 45.1 Å². The molecule has 0 aliphatic carbocycles. The van der Waals surface area contributed by atoms with Crippen LogP contribution < -0.4 is 5.32 Å². The molecule has 2 aromatic rings. The third kappa shape index (κ3) is 3.41. The molecular formula is C17H17ClN4O4. The average Bonchev–Trinajstić information content (AvgIpc) is 3.22. The number of benzene rings is 1. The van der Waals surface area contributed by atoms with E-state index in [9.17, 15) is 14.4 Å². The SMILES string of the molecule is CCOC(=O)n1nc(NC(=O)c2ccccc2)c2c1CN(C(=O)CCl)C2. The molecule has 1 aliphatic heterocycles. The summed E-state index contributed by atoms with van der Waals surface area (Å²) < 4.78 is 6.08. The van der Waals surface area contributed by atoms with Crippen molar-refractivity contribution in [1.29, 1.82) is 0 Å². The molecule has 0 unspecified atom stereocenters. The van der Waals surface area contributed by atoms with Gasteiger partial charge in [-0.2, -0.15) is 4.68 Å². The number of nitrogens with one attached hydrogen (secondary N) is 1. The van der Waals surface area contributed by atoms with E-state index in [0.29, 0.717) is 16.8 Å². The lowest BCUT2D eigenvalue weighted by Gasteiger charge is -2.14. The number of aromatic nitrogens is 2. The number of amides is 2. The number of anilines is 1. The minimum Gasteiger partial charge on any atom is -0.448 e. The molecule has 0 radical (unpaired) electrons. The van der Waals surface area contributed by atoms with Crippen LogP contribution in [0.4, 0.5) is 10.6 Å². The molecular weight excluding hydrogens is 360 g/mol. The van der Waals surface area contributed by atoms with Crippen molar-refractivity contribution in [3.05, 3.63) is 47.2 Å². The van der Waals surface area contributed by atoms with E-state index in [1.807, 2.05) is 0 Å². The Morgan fingerprint density at radius 1 is 1.23 bits per heavy atom. The number of rotatable bonds is 4. The summed E-state index contributed by atoms with van der Waals surface area (Å²) in [5.41, 5.74) is 1.56. The lowest BCUT2D eigenvalue weighted by molar-refractivity contribution is -0.129. The van der Waals surface area contributed by atoms with Gasteiger partial charge in [0, 0.05) is 11.1 Å². The summed E-state index contributed by atoms with van der Waals surface area (Å²) in [5.74, 6) is -0.558. The van der Waals surface area contributed by atoms with Gasteiger partial charge in [-0.05, 0) is 19.1 Å². The second-order valence-electron chi connectivity index (χ2n) is 5.59. The highest BCUT2D eigenvalue weighted by molar-refractivity contribution is 6.27. The van der Waals surface area contributed by atoms with Crippen molar-refractivity contribution in [2.45, 2.75) is 20.0 Å². The predicted octanol–water partition coefficient (Wildman–Crippen LogP) is 2.22. The number of carbonyl (C=O) groups is 3. The Labute approximate surface area is 154 Å². The van der Waals surface area contributed by atoms with Crippen molar-refractivity contribution in [2.75, 3.05) is 17.8 Å². The van der Waals surface area contributed by atoms with Crippen LogP contribution in [0.5, 0.6) is 0 Å². The Hall–Kier alpha value is -2.87. The van der Waals surface area contributed by atoms with E-state index in [1.54, 1.807) is 37.3 Å². The van der Waals surface area contributed by atoms with Gasteiger partial charge in [0.25, 0.3) is 5.91 Å². The molecule has 1 aromatic carbocycles. The van der Waals surface area contributed by atoms with E-state index in [-0.39, 0.29) is 43.2 Å². The Bertz CT molecular complexity index is 850. The van der Waals surface area contributed by atoms with Gasteiger partial charge in [0.15, 0.2) is 5.82 Å². The largest absolute Gasteiger partial charge is 0.448 e. The number of fused-ring (bicyclic) bond motifs is 1. The monoisotopic (exact) mass is 376 g/mol. The van der Waals surface area contributed by atoms with Crippen molar-refractivity contribution in [1.82, 2.24) is 14.7 Å². The zero-order chi connectivity index (χ0) is 18.7. The zero-order valence-corrected chi connectivity index (χ0v) is 14.8. The smallest absolute Gasteiger partial charge is 0.435 e. The van der Waals surface area contributed by atoms with Gasteiger partial charge in [-0.25, -0.2) is 4.79 Å². The molecule has 0 bridgehead atoms. The maximum Gasteiger partial charge on any atom is 0.435 e. The van der Waals surface area contributed by atoms with E-state index >= 15 is 0 Å². The average molecular weight is 377 g/mol. The van der Waals surface area contributed by atoms with Crippen molar-refractivity contribution in [3.63, 3.8) is 0 Å². The maximum absolute atomic E-state index is 12.4. The molecule has 9 heteroatoms. The Morgan fingerprint density at radius 3 is 2.62 bits per heavy atom. The van der Waals surface area contributed by atoms with E-state index in [1.165, 1.54) is 4.90 Å². The highest BCUT2D eigenvalue weighted by Crippen LogP contribution is 2.30. The Kier molecular flexibility index (Phi) is 5.22. The highest BCUT2D eigenvalue weighted by Gasteiger charge is 2.33. The third-order valence-corrected chi connectivity index (χ3v) is 4.18. The van der Waals surface area contributed by atoms with Crippen LogP contribution in [0.15, 0.2) is 30.3 Å². The standard InChI is InChI=1S/C17H17ClN4O4/c1-2-26-17(25)22-13-10-21(14(23)8-18)9-12(13)15(20-22)19-16(24)11-6-4-3-5-7-11/h3-7H,2,8-10H2,1H3,(H,19,20,24). The first-order valence-corrected chi connectivity index (χ1v) is 8.56. The van der Waals surface area contributed by atoms with Gasteiger partial charge in [0.1, 0.15) is 5.88 Å². The minimum absolute atomic E-state index is 0.164. The van der Waals surface area contributed by atoms with Crippen molar-refractivity contribution >= 4 is 35.3 Å². The van der Waals surface area contributed by atoms with Gasteiger partial charge >= 0.3 is 6.09 Å². The summed E-state index contributed by atoms with van der Waals surface area (Å²) in [6, 6.07) is 8.64. The molecule has 2 amide bonds. The van der Waals surface area contributed by atoms with Crippen LogP contribution >= 0.6 is 11.6 Å². The number of hydrogen-bond acceptors (Lipinski definition) is 5. The second kappa shape index (κ2) is 7.57. The fraction of sp³-hybridized carbons (Fsp3) is 0.294. The molecule has 1 N–H and O–H groups in total. The van der Waals surface area contributed by atoms with Gasteiger partial charge in [-0.1, -0.05) is 18.2 Å². The summed E-state index contributed by atoms with van der Waals surface area (Å²) in [7, 11) is 0. The number of nitrogens with zero attached hydrogens (tertiary/aromatic N) is 3. The van der Waals surface area contributed by atoms with Crippen LogP contribution in [0.3, 0.4) is 0 Å². The van der Waals surface area contributed by atoms with Crippen LogP contribution in [0.1, 0.15) is 28.5 Å². The molecule has 0 fully saturated rings. The topological polar surface area (TPSA) is 93.5 Å². The molecule has 0 saturated heterocycles. The minimum atomic E-state index is -0.663. The van der Waals surface area contributed by atoms with Crippen molar-refractivity contribution in [3.8, 4) is 0 Å². The van der Waals surface area contributed by atoms with Gasteiger partial charge < -0.3 is 15.0 Å². The molecule has 8 nitrogen and oxygen atoms in total. The predicted molar refractivity (Wildman–Crippen MR) is 94.0 cm³/mol. The van der Waals surface area contributed by atoms with Crippen LogP contribution in [0.2, 0.25) is 0 Å². The van der Waals surface area contributed by atoms with Crippen LogP contribution in [-0.2, 0) is 22.6 Å². The molecule has 26 heavy (non-hydrogen) atoms. The Morgan fingerprint density at radius 2 is 1.96 bits per heavy atom. The molecule has 0 spiro atoms. The molecule has 1 aromatic heterocycles. The molecule has 0 saturated carbocycles. The number of alkyl halides is 1. The van der Waals surface area contributed by atoms with Crippen molar-refractivity contribution < 1.29 is 19.1 Å². The first-order valence-electron chi connectivity index (χ1n) is 8.03. The van der Waals surface area contributed by atoms with Crippen LogP contribution in [0.25, 0.3) is 0 Å². The maximum atomic E-state index is 12.4. The number of hydrogen-bond donors (Lipinski definition) is 1. The van der Waals surface area contributed by atoms with Gasteiger partial charge in [-0.15, -0.1) is 16.7 Å². The number of carbonyl (C=O) groups excluding carboxylic acids is 3. The fourth-order valence-corrected chi connectivity index (χ4v) is 2.88. The van der Waals surface area contributed by atoms with Gasteiger partial charge in [-0.3, -0.25) is 9.59 Å². The van der Waals surface area contributed by atoms with E-state index < -0.39 is 6.09 Å². The zero-order valence-electron chi connectivity index (χ0n) is 14.1. The molecule has 0 atom stereocenters. The van der Waals surface area contributed by atoms with E-state index in [0.717, 1.165) is 4.68 Å². The van der Waals surface area contributed by atoms with E-state index in [4.69, 9.17) is 16.3 Å². The van der Waals surface area contributed by atoms with Crippen LogP contribution in [0, 0.1) is 0 Å². The molecule has 1 aliphatic rings. The Balaban J connectivity index is 1.91. The summed E-state index contributed by atoms with van der Waals surface area (Å²) >= 11 is 5.62. The third-order valence-electron chi connectivity index (χ3n) is 3.96. The first-order chi connectivity index (χ1) is 12.5. The quantitative estimate of drug-likeness (QED) is 0.826.